The molecule has 5 rings (SSSR count). The highest BCUT2D eigenvalue weighted by Gasteiger charge is 2.18. The maximum absolute atomic E-state index is 12.8. The van der Waals surface area contributed by atoms with Gasteiger partial charge in [0.15, 0.2) is 5.65 Å². The number of morpholine rings is 1. The number of ether oxygens (including phenoxy) is 1. The molecule has 1 aliphatic rings. The molecule has 1 aliphatic heterocycles. The highest BCUT2D eigenvalue weighted by molar-refractivity contribution is 5.81. The molecule has 8 heteroatoms. The molecule has 0 amide bonds. The number of aryl methyl sites for hydroxylation is 1. The predicted molar refractivity (Wildman–Crippen MR) is 115 cm³/mol. The fourth-order valence-electron chi connectivity index (χ4n) is 3.78. The van der Waals surface area contributed by atoms with Crippen LogP contribution in [0.4, 0.5) is 5.95 Å². The van der Waals surface area contributed by atoms with Crippen LogP contribution in [0.3, 0.4) is 0 Å². The normalized spacial score (nSPS) is 14.4. The average Bonchev–Trinajstić information content (AvgIpc) is 3.19. The molecular formula is C22H22N6O2. The van der Waals surface area contributed by atoms with Crippen molar-refractivity contribution in [3.63, 3.8) is 0 Å². The lowest BCUT2D eigenvalue weighted by molar-refractivity contribution is 0.122. The number of aromatic amines is 1. The summed E-state index contributed by atoms with van der Waals surface area (Å²) in [6, 6.07) is 11.5. The summed E-state index contributed by atoms with van der Waals surface area (Å²) < 4.78 is 6.89. The Kier molecular flexibility index (Phi) is 4.76. The third kappa shape index (κ3) is 3.25. The number of hydrogen-bond donors (Lipinski definition) is 1. The van der Waals surface area contributed by atoms with Gasteiger partial charge in [-0.05, 0) is 12.0 Å². The van der Waals surface area contributed by atoms with Crippen molar-refractivity contribution >= 4 is 11.6 Å². The zero-order chi connectivity index (χ0) is 20.5. The van der Waals surface area contributed by atoms with E-state index in [9.17, 15) is 4.79 Å². The number of fused-ring (bicyclic) bond motifs is 1. The van der Waals surface area contributed by atoms with Crippen LogP contribution in [0.25, 0.3) is 28.0 Å². The van der Waals surface area contributed by atoms with Crippen LogP contribution < -0.4 is 10.5 Å². The van der Waals surface area contributed by atoms with Gasteiger partial charge < -0.3 is 9.64 Å². The fraction of sp³-hybridized carbons (Fsp3) is 0.273. The number of nitrogens with one attached hydrogen (secondary N) is 1. The Hall–Kier alpha value is -3.52. The first-order chi connectivity index (χ1) is 14.7. The van der Waals surface area contributed by atoms with E-state index in [2.05, 4.69) is 26.9 Å². The Labute approximate surface area is 173 Å². The summed E-state index contributed by atoms with van der Waals surface area (Å²) in [5, 5.41) is 3.20. The quantitative estimate of drug-likeness (QED) is 0.564. The zero-order valence-corrected chi connectivity index (χ0v) is 16.7. The number of anilines is 1. The summed E-state index contributed by atoms with van der Waals surface area (Å²) >= 11 is 0. The third-order valence-electron chi connectivity index (χ3n) is 5.33. The van der Waals surface area contributed by atoms with E-state index in [1.165, 1.54) is 10.6 Å². The molecular weight excluding hydrogens is 380 g/mol. The first kappa shape index (κ1) is 18.5. The van der Waals surface area contributed by atoms with Crippen molar-refractivity contribution in [3.8, 4) is 22.4 Å². The Bertz CT molecular complexity index is 1220. The van der Waals surface area contributed by atoms with Crippen molar-refractivity contribution in [1.82, 2.24) is 24.6 Å². The molecule has 4 aromatic rings. The third-order valence-corrected chi connectivity index (χ3v) is 5.33. The van der Waals surface area contributed by atoms with Crippen molar-refractivity contribution in [2.45, 2.75) is 13.3 Å². The number of benzene rings is 1. The summed E-state index contributed by atoms with van der Waals surface area (Å²) in [6.45, 7) is 4.95. The molecule has 0 radical (unpaired) electrons. The fourth-order valence-corrected chi connectivity index (χ4v) is 3.78. The summed E-state index contributed by atoms with van der Waals surface area (Å²) in [6.07, 6.45) is 4.22. The molecule has 4 heterocycles. The molecule has 1 aromatic carbocycles. The van der Waals surface area contributed by atoms with Gasteiger partial charge in [-0.15, -0.1) is 0 Å². The van der Waals surface area contributed by atoms with E-state index in [-0.39, 0.29) is 5.56 Å². The first-order valence-corrected chi connectivity index (χ1v) is 10.1. The van der Waals surface area contributed by atoms with Gasteiger partial charge in [0, 0.05) is 48.4 Å². The molecule has 8 nitrogen and oxygen atoms in total. The van der Waals surface area contributed by atoms with Gasteiger partial charge in [0.1, 0.15) is 0 Å². The highest BCUT2D eigenvalue weighted by Crippen LogP contribution is 2.28. The lowest BCUT2D eigenvalue weighted by Crippen LogP contribution is -2.37. The van der Waals surface area contributed by atoms with Crippen LogP contribution in [0.15, 0.2) is 53.6 Å². The van der Waals surface area contributed by atoms with Crippen LogP contribution in [0.5, 0.6) is 0 Å². The standard InChI is InChI=1S/C22H22N6O2/c1-2-17-20(15-6-4-3-5-7-15)21-25-18(12-19(29)28(21)26-17)16-13-23-22(24-14-16)27-8-10-30-11-9-27/h3-7,12-14,26H,2,8-11H2,1H3. The number of H-pyrrole nitrogens is 1. The summed E-state index contributed by atoms with van der Waals surface area (Å²) in [7, 11) is 0. The van der Waals surface area contributed by atoms with Gasteiger partial charge in [0.05, 0.1) is 18.9 Å². The van der Waals surface area contributed by atoms with Crippen LogP contribution in [0, 0.1) is 0 Å². The molecule has 1 saturated heterocycles. The lowest BCUT2D eigenvalue weighted by atomic mass is 10.0. The minimum absolute atomic E-state index is 0.163. The molecule has 30 heavy (non-hydrogen) atoms. The Morgan fingerprint density at radius 3 is 2.50 bits per heavy atom. The minimum Gasteiger partial charge on any atom is -0.378 e. The van der Waals surface area contributed by atoms with E-state index in [0.717, 1.165) is 36.3 Å². The molecule has 1 N–H and O–H groups in total. The average molecular weight is 402 g/mol. The van der Waals surface area contributed by atoms with Gasteiger partial charge in [0.2, 0.25) is 5.95 Å². The van der Waals surface area contributed by atoms with E-state index < -0.39 is 0 Å². The molecule has 0 saturated carbocycles. The van der Waals surface area contributed by atoms with E-state index >= 15 is 0 Å². The van der Waals surface area contributed by atoms with E-state index in [1.54, 1.807) is 12.4 Å². The Balaban J connectivity index is 1.59. The van der Waals surface area contributed by atoms with Crippen LogP contribution in [0.2, 0.25) is 0 Å². The molecule has 0 aliphatic carbocycles. The van der Waals surface area contributed by atoms with Crippen molar-refractivity contribution in [1.29, 1.82) is 0 Å². The van der Waals surface area contributed by atoms with E-state index in [1.807, 2.05) is 30.3 Å². The summed E-state index contributed by atoms with van der Waals surface area (Å²) in [5.74, 6) is 0.666. The number of hydrogen-bond acceptors (Lipinski definition) is 6. The number of aromatic nitrogens is 5. The molecule has 0 unspecified atom stereocenters. The molecule has 3 aromatic heterocycles. The SMILES string of the molecule is CCc1[nH]n2c(=O)cc(-c3cnc(N4CCOCC4)nc3)nc2c1-c1ccccc1. The predicted octanol–water partition coefficient (Wildman–Crippen LogP) is 2.55. The second-order valence-electron chi connectivity index (χ2n) is 7.19. The number of rotatable bonds is 4. The highest BCUT2D eigenvalue weighted by atomic mass is 16.5. The maximum Gasteiger partial charge on any atom is 0.273 e. The van der Waals surface area contributed by atoms with Crippen molar-refractivity contribution in [2.24, 2.45) is 0 Å². The van der Waals surface area contributed by atoms with Crippen molar-refractivity contribution in [3.05, 3.63) is 64.8 Å². The smallest absolute Gasteiger partial charge is 0.273 e. The second kappa shape index (κ2) is 7.72. The Morgan fingerprint density at radius 2 is 1.80 bits per heavy atom. The molecule has 152 valence electrons. The van der Waals surface area contributed by atoms with Gasteiger partial charge in [0.25, 0.3) is 5.56 Å². The lowest BCUT2D eigenvalue weighted by Gasteiger charge is -2.26. The second-order valence-corrected chi connectivity index (χ2v) is 7.19. The van der Waals surface area contributed by atoms with E-state index in [0.29, 0.717) is 36.1 Å². The monoisotopic (exact) mass is 402 g/mol. The van der Waals surface area contributed by atoms with Crippen LogP contribution in [0.1, 0.15) is 12.6 Å². The van der Waals surface area contributed by atoms with Gasteiger partial charge in [-0.25, -0.2) is 19.5 Å². The van der Waals surface area contributed by atoms with Crippen LogP contribution in [-0.4, -0.2) is 50.9 Å². The van der Waals surface area contributed by atoms with Crippen LogP contribution in [-0.2, 0) is 11.2 Å². The van der Waals surface area contributed by atoms with Gasteiger partial charge >= 0.3 is 0 Å². The summed E-state index contributed by atoms with van der Waals surface area (Å²) in [4.78, 5) is 28.7. The van der Waals surface area contributed by atoms with E-state index in [4.69, 9.17) is 9.72 Å². The van der Waals surface area contributed by atoms with Gasteiger partial charge in [-0.1, -0.05) is 37.3 Å². The minimum atomic E-state index is -0.163. The summed E-state index contributed by atoms with van der Waals surface area (Å²) in [5.41, 5.74) is 4.67. The van der Waals surface area contributed by atoms with Crippen LogP contribution >= 0.6 is 0 Å². The topological polar surface area (TPSA) is 88.4 Å². The molecule has 0 atom stereocenters. The van der Waals surface area contributed by atoms with Gasteiger partial charge in [-0.2, -0.15) is 0 Å². The Morgan fingerprint density at radius 1 is 1.07 bits per heavy atom. The van der Waals surface area contributed by atoms with Gasteiger partial charge in [-0.3, -0.25) is 9.89 Å². The molecule has 1 fully saturated rings. The van der Waals surface area contributed by atoms with Crippen molar-refractivity contribution in [2.75, 3.05) is 31.2 Å². The first-order valence-electron chi connectivity index (χ1n) is 10.1. The molecule has 0 spiro atoms. The maximum atomic E-state index is 12.8. The number of nitrogens with zero attached hydrogens (tertiary/aromatic N) is 5. The largest absolute Gasteiger partial charge is 0.378 e. The molecule has 0 bridgehead atoms. The van der Waals surface area contributed by atoms with Crippen molar-refractivity contribution < 1.29 is 4.74 Å². The zero-order valence-electron chi connectivity index (χ0n) is 16.7.